The molecule has 11 rings (SSSR count). The number of hydrogen-bond donors (Lipinski definition) is 0. The maximum atomic E-state index is 2.64. The fourth-order valence-corrected chi connectivity index (χ4v) is 9.68. The summed E-state index contributed by atoms with van der Waals surface area (Å²) in [5.74, 6) is 0. The van der Waals surface area contributed by atoms with Crippen LogP contribution >= 0.6 is 0 Å². The second-order valence-electron chi connectivity index (χ2n) is 15.4. The second-order valence-corrected chi connectivity index (χ2v) is 15.4. The molecule has 0 saturated carbocycles. The minimum Gasteiger partial charge on any atom is -0.340 e. The minimum atomic E-state index is 0.918. The van der Waals surface area contributed by atoms with Gasteiger partial charge in [0.1, 0.15) is 0 Å². The topological polar surface area (TPSA) is 4.93 Å². The zero-order valence-electron chi connectivity index (χ0n) is 30.3. The predicted molar refractivity (Wildman–Crippen MR) is 229 cm³/mol. The summed E-state index contributed by atoms with van der Waals surface area (Å²) in [6.07, 6.45) is 6.84. The van der Waals surface area contributed by atoms with Crippen molar-refractivity contribution < 1.29 is 0 Å². The van der Waals surface area contributed by atoms with E-state index in [1.165, 1.54) is 134 Å². The molecule has 1 heteroatoms. The minimum absolute atomic E-state index is 0.918. The molecule has 0 fully saturated rings. The summed E-state index contributed by atoms with van der Waals surface area (Å²) < 4.78 is 2.64. The quantitative estimate of drug-likeness (QED) is 0.106. The van der Waals surface area contributed by atoms with Gasteiger partial charge in [0.15, 0.2) is 0 Å². The zero-order chi connectivity index (χ0) is 35.0. The number of rotatable bonds is 9. The smallest absolute Gasteiger partial charge is 0.0494 e. The van der Waals surface area contributed by atoms with Crippen LogP contribution < -0.4 is 0 Å². The van der Waals surface area contributed by atoms with Gasteiger partial charge in [0, 0.05) is 28.4 Å². The maximum Gasteiger partial charge on any atom is 0.0494 e. The van der Waals surface area contributed by atoms with Crippen LogP contribution in [0.4, 0.5) is 0 Å². The van der Waals surface area contributed by atoms with Crippen LogP contribution in [0.2, 0.25) is 0 Å². The number of aromatic nitrogens is 1. The van der Waals surface area contributed by atoms with Gasteiger partial charge in [0.25, 0.3) is 0 Å². The van der Waals surface area contributed by atoms with E-state index in [0.29, 0.717) is 0 Å². The van der Waals surface area contributed by atoms with E-state index in [2.05, 4.69) is 157 Å². The highest BCUT2D eigenvalue weighted by molar-refractivity contribution is 6.24. The van der Waals surface area contributed by atoms with Crippen molar-refractivity contribution in [1.82, 2.24) is 4.57 Å². The van der Waals surface area contributed by atoms with Crippen molar-refractivity contribution in [1.29, 1.82) is 0 Å². The van der Waals surface area contributed by atoms with E-state index < -0.39 is 0 Å². The van der Waals surface area contributed by atoms with Crippen LogP contribution in [0.15, 0.2) is 146 Å². The van der Waals surface area contributed by atoms with Crippen molar-refractivity contribution >= 4 is 86.4 Å². The van der Waals surface area contributed by atoms with Crippen LogP contribution in [0.25, 0.3) is 86.4 Å². The van der Waals surface area contributed by atoms with E-state index >= 15 is 0 Å². The summed E-state index contributed by atoms with van der Waals surface area (Å²) in [5.41, 5.74) is 8.28. The van der Waals surface area contributed by atoms with Crippen LogP contribution in [-0.4, -0.2) is 4.57 Å². The van der Waals surface area contributed by atoms with Crippen LogP contribution in [0, 0.1) is 0 Å². The Morgan fingerprint density at radius 2 is 0.792 bits per heavy atom. The maximum absolute atomic E-state index is 2.64. The Hall–Kier alpha value is -5.92. The van der Waals surface area contributed by atoms with Gasteiger partial charge in [-0.2, -0.15) is 0 Å². The van der Waals surface area contributed by atoms with Gasteiger partial charge in [-0.15, -0.1) is 0 Å². The SMILES string of the molecule is CCCCCCn1c2cc(Cc3ccc4ccc5cccc6ccc3c4c56)ccc2c2ccc(Cc3ccc4ccc5cccc6ccc3c4c56)cc21. The molecule has 0 bridgehead atoms. The second kappa shape index (κ2) is 12.1. The summed E-state index contributed by atoms with van der Waals surface area (Å²) in [7, 11) is 0. The molecule has 11 aromatic rings. The lowest BCUT2D eigenvalue weighted by Crippen LogP contribution is -1.99. The average molecular weight is 680 g/mol. The first kappa shape index (κ1) is 30.7. The molecule has 0 unspecified atom stereocenters. The van der Waals surface area contributed by atoms with Gasteiger partial charge in [-0.3, -0.25) is 0 Å². The molecule has 1 aromatic heterocycles. The molecule has 0 aliphatic carbocycles. The molecule has 10 aromatic carbocycles. The molecule has 0 aliphatic rings. The van der Waals surface area contributed by atoms with E-state index in [-0.39, 0.29) is 0 Å². The van der Waals surface area contributed by atoms with Crippen LogP contribution in [-0.2, 0) is 19.4 Å². The van der Waals surface area contributed by atoms with Crippen LogP contribution in [0.5, 0.6) is 0 Å². The number of nitrogens with zero attached hydrogens (tertiary/aromatic N) is 1. The number of benzene rings is 10. The zero-order valence-corrected chi connectivity index (χ0v) is 30.3. The van der Waals surface area contributed by atoms with Gasteiger partial charge in [0.05, 0.1) is 0 Å². The van der Waals surface area contributed by atoms with Gasteiger partial charge >= 0.3 is 0 Å². The van der Waals surface area contributed by atoms with Crippen LogP contribution in [0.3, 0.4) is 0 Å². The van der Waals surface area contributed by atoms with Crippen molar-refractivity contribution in [2.24, 2.45) is 0 Å². The third-order valence-electron chi connectivity index (χ3n) is 12.3. The lowest BCUT2D eigenvalue weighted by atomic mass is 9.90. The van der Waals surface area contributed by atoms with Crippen LogP contribution in [0.1, 0.15) is 54.9 Å². The average Bonchev–Trinajstić information content (AvgIpc) is 3.50. The molecule has 1 nitrogen and oxygen atoms in total. The normalized spacial score (nSPS) is 12.4. The van der Waals surface area contributed by atoms with Gasteiger partial charge in [-0.1, -0.05) is 160 Å². The van der Waals surface area contributed by atoms with Crippen molar-refractivity contribution in [3.05, 3.63) is 168 Å². The molecule has 0 N–H and O–H groups in total. The molecule has 53 heavy (non-hydrogen) atoms. The lowest BCUT2D eigenvalue weighted by Gasteiger charge is -2.14. The highest BCUT2D eigenvalue weighted by Crippen LogP contribution is 2.39. The Kier molecular flexibility index (Phi) is 6.99. The molecule has 0 saturated heterocycles. The highest BCUT2D eigenvalue weighted by atomic mass is 15.0. The molecule has 0 aliphatic heterocycles. The van der Waals surface area contributed by atoms with Crippen molar-refractivity contribution in [2.45, 2.75) is 52.0 Å². The monoisotopic (exact) mass is 679 g/mol. The van der Waals surface area contributed by atoms with E-state index in [4.69, 9.17) is 0 Å². The molecule has 254 valence electrons. The Morgan fingerprint density at radius 1 is 0.377 bits per heavy atom. The Balaban J connectivity index is 1.01. The summed E-state index contributed by atoms with van der Waals surface area (Å²) >= 11 is 0. The molecular weight excluding hydrogens is 639 g/mol. The molecular formula is C52H41N. The molecule has 0 spiro atoms. The third-order valence-corrected chi connectivity index (χ3v) is 12.3. The van der Waals surface area contributed by atoms with E-state index in [1.54, 1.807) is 0 Å². The van der Waals surface area contributed by atoms with Gasteiger partial charge in [0.2, 0.25) is 0 Å². The molecule has 0 atom stereocenters. The number of unbranched alkanes of at least 4 members (excludes halogenated alkanes) is 3. The standard InChI is InChI=1S/C52H41N/c1-2-3-4-5-28-53-47-31-33(29-41-20-18-39-16-14-35-8-6-10-37-22-26-43(41)51(39)49(35)37)12-24-45(47)46-25-13-34(32-48(46)53)30-42-21-19-40-17-15-36-9-7-11-38-23-27-44(42)52(40)50(36)38/h6-27,31-32H,2-5,28-30H2,1H3. The summed E-state index contributed by atoms with van der Waals surface area (Å²) in [4.78, 5) is 0. The first-order valence-electron chi connectivity index (χ1n) is 19.6. The fraction of sp³-hybridized carbons (Fsp3) is 0.154. The Bertz CT molecular complexity index is 2920. The van der Waals surface area contributed by atoms with E-state index in [1.807, 2.05) is 0 Å². The number of aryl methyl sites for hydroxylation is 1. The summed E-state index contributed by atoms with van der Waals surface area (Å²) in [6.45, 7) is 3.35. The van der Waals surface area contributed by atoms with E-state index in [0.717, 1.165) is 19.4 Å². The highest BCUT2D eigenvalue weighted by Gasteiger charge is 2.16. The molecule has 0 amide bonds. The largest absolute Gasteiger partial charge is 0.340 e. The summed E-state index contributed by atoms with van der Waals surface area (Å²) in [6, 6.07) is 55.7. The first-order chi connectivity index (χ1) is 26.2. The Morgan fingerprint density at radius 3 is 1.26 bits per heavy atom. The van der Waals surface area contributed by atoms with Gasteiger partial charge in [-0.25, -0.2) is 0 Å². The predicted octanol–water partition coefficient (Wildman–Crippen LogP) is 14.4. The molecule has 0 radical (unpaired) electrons. The van der Waals surface area contributed by atoms with Crippen molar-refractivity contribution in [2.75, 3.05) is 0 Å². The lowest BCUT2D eigenvalue weighted by molar-refractivity contribution is 0.602. The first-order valence-corrected chi connectivity index (χ1v) is 19.6. The van der Waals surface area contributed by atoms with Gasteiger partial charge < -0.3 is 4.57 Å². The van der Waals surface area contributed by atoms with Gasteiger partial charge in [-0.05, 0) is 118 Å². The Labute approximate surface area is 309 Å². The number of fused-ring (bicyclic) bond motifs is 3. The third kappa shape index (κ3) is 4.84. The van der Waals surface area contributed by atoms with E-state index in [9.17, 15) is 0 Å². The summed E-state index contributed by atoms with van der Waals surface area (Å²) in [5, 5.41) is 19.0. The fourth-order valence-electron chi connectivity index (χ4n) is 9.68. The molecule has 1 heterocycles. The van der Waals surface area contributed by atoms with Crippen molar-refractivity contribution in [3.63, 3.8) is 0 Å². The van der Waals surface area contributed by atoms with Crippen molar-refractivity contribution in [3.8, 4) is 0 Å². The number of hydrogen-bond acceptors (Lipinski definition) is 0.